The van der Waals surface area contributed by atoms with E-state index in [4.69, 9.17) is 24.7 Å². The molecule has 0 radical (unpaired) electrons. The fourth-order valence-corrected chi connectivity index (χ4v) is 3.97. The number of nitrogens with zero attached hydrogens (tertiary/aromatic N) is 4. The van der Waals surface area contributed by atoms with Gasteiger partial charge in [0.15, 0.2) is 18.4 Å². The van der Waals surface area contributed by atoms with Gasteiger partial charge in [-0.25, -0.2) is 14.5 Å². The fraction of sp³-hybridized carbons (Fsp3) is 0.600. The number of carbonyl (C=O) groups excluding carboxylic acids is 4. The zero-order valence-corrected chi connectivity index (χ0v) is 21.9. The van der Waals surface area contributed by atoms with E-state index in [1.165, 1.54) is 11.0 Å². The topological polar surface area (TPSA) is 165 Å². The first-order valence-corrected chi connectivity index (χ1v) is 12.7. The molecule has 13 heteroatoms. The third-order valence-electron chi connectivity index (χ3n) is 5.96. The van der Waals surface area contributed by atoms with E-state index in [1.54, 1.807) is 18.1 Å². The van der Waals surface area contributed by atoms with Gasteiger partial charge < -0.3 is 29.6 Å². The van der Waals surface area contributed by atoms with E-state index in [1.807, 2.05) is 26.1 Å². The first-order chi connectivity index (χ1) is 18.2. The highest BCUT2D eigenvalue weighted by Crippen LogP contribution is 2.34. The number of allylic oxidation sites excluding steroid dienone is 1. The minimum Gasteiger partial charge on any atom is -0.459 e. The van der Waals surface area contributed by atoms with Crippen LogP contribution in [0.1, 0.15) is 75.6 Å². The molecule has 3 heterocycles. The van der Waals surface area contributed by atoms with E-state index >= 15 is 0 Å². The Bertz CT molecular complexity index is 1070. The second-order valence-electron chi connectivity index (χ2n) is 9.10. The van der Waals surface area contributed by atoms with Gasteiger partial charge in [-0.2, -0.15) is 0 Å². The minimum atomic E-state index is -1.14. The van der Waals surface area contributed by atoms with Gasteiger partial charge in [-0.15, -0.1) is 5.10 Å². The number of unbranched alkanes of at least 4 members (excludes halogenated alkanes) is 2. The smallest absolute Gasteiger partial charge is 0.335 e. The Morgan fingerprint density at radius 3 is 2.32 bits per heavy atom. The molecule has 0 aliphatic carbocycles. The van der Waals surface area contributed by atoms with E-state index in [0.717, 1.165) is 12.8 Å². The summed E-state index contributed by atoms with van der Waals surface area (Å²) in [7, 11) is 1.79. The van der Waals surface area contributed by atoms with Gasteiger partial charge in [-0.3, -0.25) is 14.4 Å². The Morgan fingerprint density at radius 1 is 1.08 bits per heavy atom. The van der Waals surface area contributed by atoms with Crippen LogP contribution >= 0.6 is 0 Å². The molecule has 0 aromatic carbocycles. The summed E-state index contributed by atoms with van der Waals surface area (Å²) in [5, 5.41) is 4.03. The molecule has 13 nitrogen and oxygen atoms in total. The highest BCUT2D eigenvalue weighted by molar-refractivity contribution is 5.89. The van der Waals surface area contributed by atoms with Gasteiger partial charge in [0.1, 0.15) is 19.0 Å². The van der Waals surface area contributed by atoms with Crippen molar-refractivity contribution in [3.05, 3.63) is 36.2 Å². The molecular formula is C25H35N5O8. The summed E-state index contributed by atoms with van der Waals surface area (Å²) in [6.07, 6.45) is 5.63. The Kier molecular flexibility index (Phi) is 10.4. The van der Waals surface area contributed by atoms with Crippen molar-refractivity contribution >= 4 is 23.8 Å². The number of hydrogen-bond acceptors (Lipinski definition) is 11. The van der Waals surface area contributed by atoms with Crippen molar-refractivity contribution in [2.75, 3.05) is 13.7 Å². The highest BCUT2D eigenvalue weighted by Gasteiger charge is 2.51. The fourth-order valence-electron chi connectivity index (χ4n) is 3.97. The molecule has 208 valence electrons. The summed E-state index contributed by atoms with van der Waals surface area (Å²) in [6, 6.07) is 0. The van der Waals surface area contributed by atoms with E-state index in [0.29, 0.717) is 24.8 Å². The largest absolute Gasteiger partial charge is 0.459 e. The van der Waals surface area contributed by atoms with Crippen molar-refractivity contribution in [3.8, 4) is 0 Å². The zero-order valence-electron chi connectivity index (χ0n) is 21.9. The Hall–Kier alpha value is -3.74. The predicted octanol–water partition coefficient (Wildman–Crippen LogP) is 1.75. The maximum atomic E-state index is 12.7. The molecule has 1 fully saturated rings. The molecular weight excluding hydrogens is 498 g/mol. The van der Waals surface area contributed by atoms with Gasteiger partial charge in [-0.05, 0) is 19.0 Å². The molecule has 4 atom stereocenters. The van der Waals surface area contributed by atoms with Gasteiger partial charge >= 0.3 is 17.9 Å². The molecule has 38 heavy (non-hydrogen) atoms. The number of ether oxygens (including phenoxy) is 4. The van der Waals surface area contributed by atoms with Crippen LogP contribution in [0.3, 0.4) is 0 Å². The number of amides is 1. The number of esters is 3. The van der Waals surface area contributed by atoms with Crippen LogP contribution < -0.4 is 5.73 Å². The minimum absolute atomic E-state index is 0.148. The highest BCUT2D eigenvalue weighted by atomic mass is 16.7. The molecule has 0 spiro atoms. The third-order valence-corrected chi connectivity index (χ3v) is 5.96. The second-order valence-corrected chi connectivity index (χ2v) is 9.10. The van der Waals surface area contributed by atoms with Crippen LogP contribution in [-0.2, 0) is 33.3 Å². The van der Waals surface area contributed by atoms with Gasteiger partial charge in [0.25, 0.3) is 5.91 Å². The molecule has 3 rings (SSSR count). The summed E-state index contributed by atoms with van der Waals surface area (Å²) in [5.74, 6) is -2.71. The van der Waals surface area contributed by atoms with E-state index in [9.17, 15) is 19.2 Å². The van der Waals surface area contributed by atoms with E-state index in [-0.39, 0.29) is 25.3 Å². The average molecular weight is 534 g/mol. The number of nitrogens with two attached hydrogens (primary N) is 1. The van der Waals surface area contributed by atoms with Crippen molar-refractivity contribution in [1.29, 1.82) is 0 Å². The van der Waals surface area contributed by atoms with Gasteiger partial charge in [0.2, 0.25) is 5.82 Å². The van der Waals surface area contributed by atoms with Crippen LogP contribution in [0, 0.1) is 0 Å². The number of rotatable bonds is 13. The molecule has 2 aliphatic rings. The first-order valence-electron chi connectivity index (χ1n) is 12.7. The number of primary amides is 1. The Labute approximate surface area is 220 Å². The monoisotopic (exact) mass is 533 g/mol. The standard InChI is InChI=1S/C25H35N5O8/c1-4-6-10-18(31)37-20-17(14-35-25(34)16-9-8-12-29(3)13-16)36-24(21(20)38-19(32)11-7-5-2)30-15-27-23(28-30)22(26)33/h8,12-13,15,17,20-21,24H,4-7,9-11,14H2,1-3H3,(H2,26,33)/t17-,20-,21-,24-/m1/s1. The van der Waals surface area contributed by atoms with Crippen molar-refractivity contribution < 1.29 is 38.1 Å². The van der Waals surface area contributed by atoms with Crippen LogP contribution in [0.4, 0.5) is 0 Å². The molecule has 0 bridgehead atoms. The maximum absolute atomic E-state index is 12.7. The summed E-state index contributed by atoms with van der Waals surface area (Å²) in [6.45, 7) is 3.59. The van der Waals surface area contributed by atoms with Crippen LogP contribution in [0.15, 0.2) is 30.4 Å². The summed E-state index contributed by atoms with van der Waals surface area (Å²) in [4.78, 5) is 55.1. The summed E-state index contributed by atoms with van der Waals surface area (Å²) >= 11 is 0. The first kappa shape index (κ1) is 28.8. The van der Waals surface area contributed by atoms with Gasteiger partial charge in [0, 0.05) is 32.5 Å². The SMILES string of the molecule is CCCCC(=O)O[C@@H]1[C@H](OC(=O)CCCC)[C@@H](COC(=O)C2=CN(C)C=CC2)O[C@H]1n1cnc(C(N)=O)n1. The second kappa shape index (κ2) is 13.7. The van der Waals surface area contributed by atoms with Crippen LogP contribution in [0.2, 0.25) is 0 Å². The van der Waals surface area contributed by atoms with Crippen molar-refractivity contribution in [3.63, 3.8) is 0 Å². The van der Waals surface area contributed by atoms with Crippen LogP contribution in [0.5, 0.6) is 0 Å². The molecule has 0 saturated carbocycles. The van der Waals surface area contributed by atoms with Gasteiger partial charge in [-0.1, -0.05) is 32.8 Å². The van der Waals surface area contributed by atoms with Crippen LogP contribution in [-0.4, -0.2) is 75.4 Å². The lowest BCUT2D eigenvalue weighted by molar-refractivity contribution is -0.169. The lowest BCUT2D eigenvalue weighted by atomic mass is 10.1. The van der Waals surface area contributed by atoms with E-state index in [2.05, 4.69) is 10.1 Å². The lowest BCUT2D eigenvalue weighted by Gasteiger charge is -2.24. The Balaban J connectivity index is 1.85. The predicted molar refractivity (Wildman–Crippen MR) is 132 cm³/mol. The average Bonchev–Trinajstić information content (AvgIpc) is 3.50. The number of hydrogen-bond donors (Lipinski definition) is 1. The molecule has 1 saturated heterocycles. The summed E-state index contributed by atoms with van der Waals surface area (Å²) in [5.41, 5.74) is 5.72. The lowest BCUT2D eigenvalue weighted by Crippen LogP contribution is -2.41. The van der Waals surface area contributed by atoms with E-state index < -0.39 is 48.4 Å². The molecule has 0 unspecified atom stereocenters. The number of aromatic nitrogens is 3. The normalized spacial score (nSPS) is 22.6. The third kappa shape index (κ3) is 7.63. The quantitative estimate of drug-likeness (QED) is 0.290. The van der Waals surface area contributed by atoms with Gasteiger partial charge in [0.05, 0.1) is 5.57 Å². The van der Waals surface area contributed by atoms with Crippen molar-refractivity contribution in [1.82, 2.24) is 19.7 Å². The Morgan fingerprint density at radius 2 is 1.74 bits per heavy atom. The molecule has 1 aromatic heterocycles. The van der Waals surface area contributed by atoms with Crippen molar-refractivity contribution in [2.24, 2.45) is 5.73 Å². The molecule has 1 amide bonds. The number of carbonyl (C=O) groups is 4. The zero-order chi connectivity index (χ0) is 27.7. The van der Waals surface area contributed by atoms with Crippen LogP contribution in [0.25, 0.3) is 0 Å². The molecule has 2 N–H and O–H groups in total. The van der Waals surface area contributed by atoms with Crippen molar-refractivity contribution in [2.45, 2.75) is 83.3 Å². The summed E-state index contributed by atoms with van der Waals surface area (Å²) < 4.78 is 24.2. The maximum Gasteiger partial charge on any atom is 0.335 e. The molecule has 1 aromatic rings. The molecule has 2 aliphatic heterocycles.